The molecule has 0 aromatic heterocycles. The SMILES string of the molecule is CC(C)(C)C(O)C(=O)O.CCCC(O)C(=O)O. The Bertz CT molecular complexity index is 243. The topological polar surface area (TPSA) is 115 Å². The fourth-order valence-electron chi connectivity index (χ4n) is 0.767. The largest absolute Gasteiger partial charge is 0.479 e. The van der Waals surface area contributed by atoms with Crippen LogP contribution in [0.1, 0.15) is 40.5 Å². The average molecular weight is 250 g/mol. The predicted molar refractivity (Wildman–Crippen MR) is 61.6 cm³/mol. The molecule has 6 nitrogen and oxygen atoms in total. The number of carboxylic acids is 2. The van der Waals surface area contributed by atoms with Crippen LogP contribution in [-0.2, 0) is 9.59 Å². The van der Waals surface area contributed by atoms with E-state index in [1.807, 2.05) is 6.92 Å². The lowest BCUT2D eigenvalue weighted by Gasteiger charge is -2.21. The number of aliphatic hydroxyl groups excluding tert-OH is 2. The Morgan fingerprint density at radius 3 is 1.53 bits per heavy atom. The van der Waals surface area contributed by atoms with Crippen molar-refractivity contribution in [3.8, 4) is 0 Å². The Kier molecular flexibility index (Phi) is 8.61. The summed E-state index contributed by atoms with van der Waals surface area (Å²) in [4.78, 5) is 19.9. The molecule has 0 rings (SSSR count). The zero-order chi connectivity index (χ0) is 14.2. The third kappa shape index (κ3) is 9.77. The smallest absolute Gasteiger partial charge is 0.333 e. The third-order valence-electron chi connectivity index (χ3n) is 1.90. The van der Waals surface area contributed by atoms with E-state index in [0.29, 0.717) is 12.8 Å². The van der Waals surface area contributed by atoms with Crippen LogP contribution in [0.2, 0.25) is 0 Å². The number of hydrogen-bond acceptors (Lipinski definition) is 4. The summed E-state index contributed by atoms with van der Waals surface area (Å²) < 4.78 is 0. The van der Waals surface area contributed by atoms with Crippen LogP contribution in [-0.4, -0.2) is 44.6 Å². The molecule has 0 aromatic rings. The zero-order valence-electron chi connectivity index (χ0n) is 10.7. The van der Waals surface area contributed by atoms with Crippen molar-refractivity contribution in [1.82, 2.24) is 0 Å². The summed E-state index contributed by atoms with van der Waals surface area (Å²) in [5.41, 5.74) is -0.564. The van der Waals surface area contributed by atoms with Gasteiger partial charge in [-0.2, -0.15) is 0 Å². The van der Waals surface area contributed by atoms with Crippen molar-refractivity contribution < 1.29 is 30.0 Å². The molecule has 0 aromatic carbocycles. The van der Waals surface area contributed by atoms with Gasteiger partial charge in [0.15, 0.2) is 12.2 Å². The summed E-state index contributed by atoms with van der Waals surface area (Å²) in [6, 6.07) is 0. The maximum Gasteiger partial charge on any atom is 0.333 e. The van der Waals surface area contributed by atoms with Crippen molar-refractivity contribution in [1.29, 1.82) is 0 Å². The minimum absolute atomic E-state index is 0.343. The average Bonchev–Trinajstić information content (AvgIpc) is 2.16. The van der Waals surface area contributed by atoms with Crippen LogP contribution in [0.25, 0.3) is 0 Å². The van der Waals surface area contributed by atoms with Gasteiger partial charge < -0.3 is 20.4 Å². The van der Waals surface area contributed by atoms with Gasteiger partial charge in [0.1, 0.15) is 0 Å². The molecule has 2 unspecified atom stereocenters. The van der Waals surface area contributed by atoms with Gasteiger partial charge in [0.05, 0.1) is 0 Å². The molecular weight excluding hydrogens is 228 g/mol. The van der Waals surface area contributed by atoms with Crippen LogP contribution in [0.15, 0.2) is 0 Å². The second-order valence-electron chi connectivity index (χ2n) is 4.75. The lowest BCUT2D eigenvalue weighted by atomic mass is 9.89. The van der Waals surface area contributed by atoms with Gasteiger partial charge in [0.2, 0.25) is 0 Å². The van der Waals surface area contributed by atoms with Gasteiger partial charge in [-0.3, -0.25) is 0 Å². The molecule has 0 aliphatic heterocycles. The van der Waals surface area contributed by atoms with Gasteiger partial charge in [-0.05, 0) is 11.8 Å². The maximum atomic E-state index is 10.1. The Labute approximate surface area is 101 Å². The Morgan fingerprint density at radius 2 is 1.47 bits per heavy atom. The van der Waals surface area contributed by atoms with Gasteiger partial charge in [0.25, 0.3) is 0 Å². The third-order valence-corrected chi connectivity index (χ3v) is 1.90. The van der Waals surface area contributed by atoms with Gasteiger partial charge in [-0.15, -0.1) is 0 Å². The van der Waals surface area contributed by atoms with E-state index >= 15 is 0 Å². The minimum atomic E-state index is -1.27. The Hall–Kier alpha value is -1.14. The lowest BCUT2D eigenvalue weighted by molar-refractivity contribution is -0.152. The van der Waals surface area contributed by atoms with Crippen molar-refractivity contribution in [3.05, 3.63) is 0 Å². The van der Waals surface area contributed by atoms with Crippen molar-refractivity contribution in [2.75, 3.05) is 0 Å². The molecule has 102 valence electrons. The molecular formula is C11H22O6. The molecule has 0 radical (unpaired) electrons. The lowest BCUT2D eigenvalue weighted by Crippen LogP contribution is -2.33. The van der Waals surface area contributed by atoms with Crippen LogP contribution in [0.5, 0.6) is 0 Å². The first kappa shape index (κ1) is 18.2. The van der Waals surface area contributed by atoms with Gasteiger partial charge >= 0.3 is 11.9 Å². The maximum absolute atomic E-state index is 10.1. The molecule has 0 spiro atoms. The Balaban J connectivity index is 0. The van der Waals surface area contributed by atoms with Crippen LogP contribution in [0.3, 0.4) is 0 Å². The number of aliphatic hydroxyl groups is 2. The summed E-state index contributed by atoms with van der Waals surface area (Å²) in [6.07, 6.45) is -1.39. The number of carboxylic acid groups (broad SMARTS) is 2. The van der Waals surface area contributed by atoms with Crippen molar-refractivity contribution in [2.24, 2.45) is 5.41 Å². The van der Waals surface area contributed by atoms with E-state index in [4.69, 9.17) is 20.4 Å². The van der Waals surface area contributed by atoms with E-state index in [9.17, 15) is 9.59 Å². The highest BCUT2D eigenvalue weighted by molar-refractivity contribution is 5.72. The summed E-state index contributed by atoms with van der Waals surface area (Å²) >= 11 is 0. The van der Waals surface area contributed by atoms with E-state index in [-0.39, 0.29) is 0 Å². The monoisotopic (exact) mass is 250 g/mol. The molecule has 0 aliphatic carbocycles. The first-order valence-electron chi connectivity index (χ1n) is 5.35. The minimum Gasteiger partial charge on any atom is -0.479 e. The molecule has 0 aliphatic rings. The van der Waals surface area contributed by atoms with E-state index < -0.39 is 29.6 Å². The molecule has 0 saturated carbocycles. The van der Waals surface area contributed by atoms with Gasteiger partial charge in [0, 0.05) is 0 Å². The molecule has 6 heteroatoms. The molecule has 0 heterocycles. The van der Waals surface area contributed by atoms with Crippen LogP contribution < -0.4 is 0 Å². The van der Waals surface area contributed by atoms with Crippen LogP contribution in [0.4, 0.5) is 0 Å². The van der Waals surface area contributed by atoms with Crippen molar-refractivity contribution >= 4 is 11.9 Å². The van der Waals surface area contributed by atoms with E-state index in [1.165, 1.54) is 0 Å². The number of hydrogen-bond donors (Lipinski definition) is 4. The van der Waals surface area contributed by atoms with E-state index in [0.717, 1.165) is 0 Å². The summed E-state index contributed by atoms with van der Waals surface area (Å²) in [5, 5.41) is 33.7. The standard InChI is InChI=1S/C6H12O3.C5H10O3/c1-6(2,3)4(7)5(8)9;1-2-3-4(6)5(7)8/h4,7H,1-3H3,(H,8,9);4,6H,2-3H2,1H3,(H,7,8). The summed E-state index contributed by atoms with van der Waals surface area (Å²) in [7, 11) is 0. The van der Waals surface area contributed by atoms with Crippen molar-refractivity contribution in [2.45, 2.75) is 52.7 Å². The number of aliphatic carboxylic acids is 2. The summed E-state index contributed by atoms with van der Waals surface area (Å²) in [5.74, 6) is -2.30. The van der Waals surface area contributed by atoms with Crippen LogP contribution in [0, 0.1) is 5.41 Å². The van der Waals surface area contributed by atoms with Crippen molar-refractivity contribution in [3.63, 3.8) is 0 Å². The highest BCUT2D eigenvalue weighted by atomic mass is 16.4. The molecule has 0 fully saturated rings. The second kappa shape index (κ2) is 8.03. The summed E-state index contributed by atoms with van der Waals surface area (Å²) in [6.45, 7) is 6.84. The molecule has 0 bridgehead atoms. The fraction of sp³-hybridized carbons (Fsp3) is 0.818. The first-order chi connectivity index (χ1) is 7.53. The van der Waals surface area contributed by atoms with Gasteiger partial charge in [-0.25, -0.2) is 9.59 Å². The van der Waals surface area contributed by atoms with Gasteiger partial charge in [-0.1, -0.05) is 34.1 Å². The molecule has 0 saturated heterocycles. The van der Waals surface area contributed by atoms with E-state index in [1.54, 1.807) is 20.8 Å². The molecule has 17 heavy (non-hydrogen) atoms. The second-order valence-corrected chi connectivity index (χ2v) is 4.75. The molecule has 4 N–H and O–H groups in total. The zero-order valence-corrected chi connectivity index (χ0v) is 10.7. The molecule has 2 atom stereocenters. The van der Waals surface area contributed by atoms with E-state index in [2.05, 4.69) is 0 Å². The predicted octanol–water partition coefficient (Wildman–Crippen LogP) is 0.710. The first-order valence-corrected chi connectivity index (χ1v) is 5.35. The normalized spacial score (nSPS) is 14.2. The fourth-order valence-corrected chi connectivity index (χ4v) is 0.767. The highest BCUT2D eigenvalue weighted by Gasteiger charge is 2.28. The highest BCUT2D eigenvalue weighted by Crippen LogP contribution is 2.18. The van der Waals surface area contributed by atoms with Crippen LogP contribution >= 0.6 is 0 Å². The Morgan fingerprint density at radius 1 is 1.06 bits per heavy atom. The number of carbonyl (C=O) groups is 2. The molecule has 0 amide bonds. The quantitative estimate of drug-likeness (QED) is 0.584. The number of rotatable bonds is 4.